The third-order valence-electron chi connectivity index (χ3n) is 3.66. The van der Waals surface area contributed by atoms with Crippen LogP contribution in [0.2, 0.25) is 0 Å². The topological polar surface area (TPSA) is 60.2 Å². The van der Waals surface area contributed by atoms with Gasteiger partial charge in [-0.25, -0.2) is 4.98 Å². The predicted molar refractivity (Wildman–Crippen MR) is 96.9 cm³/mol. The van der Waals surface area contributed by atoms with Gasteiger partial charge in [0.25, 0.3) is 0 Å². The van der Waals surface area contributed by atoms with Gasteiger partial charge in [-0.2, -0.15) is 0 Å². The van der Waals surface area contributed by atoms with Crippen LogP contribution in [0.4, 0.5) is 11.6 Å². The van der Waals surface area contributed by atoms with Gasteiger partial charge in [0, 0.05) is 6.54 Å². The average Bonchev–Trinajstić information content (AvgIpc) is 2.57. The number of hydrogen-bond donors (Lipinski definition) is 2. The van der Waals surface area contributed by atoms with Crippen molar-refractivity contribution in [3.05, 3.63) is 48.0 Å². The van der Waals surface area contributed by atoms with Crippen molar-refractivity contribution in [3.63, 3.8) is 0 Å². The SMILES string of the molecule is CCCCNc1nc(N)ccc1OCCCCc1ccccc1. The zero-order valence-electron chi connectivity index (χ0n) is 13.9. The van der Waals surface area contributed by atoms with Gasteiger partial charge in [0.2, 0.25) is 0 Å². The molecular weight excluding hydrogens is 286 g/mol. The highest BCUT2D eigenvalue weighted by Gasteiger charge is 2.05. The van der Waals surface area contributed by atoms with Crippen LogP contribution in [-0.4, -0.2) is 18.1 Å². The lowest BCUT2D eigenvalue weighted by Gasteiger charge is -2.12. The van der Waals surface area contributed by atoms with Gasteiger partial charge in [0.15, 0.2) is 11.6 Å². The smallest absolute Gasteiger partial charge is 0.170 e. The van der Waals surface area contributed by atoms with Crippen molar-refractivity contribution in [2.24, 2.45) is 0 Å². The van der Waals surface area contributed by atoms with Gasteiger partial charge in [-0.3, -0.25) is 0 Å². The van der Waals surface area contributed by atoms with Crippen LogP contribution in [0.3, 0.4) is 0 Å². The number of aryl methyl sites for hydroxylation is 1. The van der Waals surface area contributed by atoms with Crippen molar-refractivity contribution < 1.29 is 4.74 Å². The zero-order chi connectivity index (χ0) is 16.3. The molecule has 0 radical (unpaired) electrons. The number of rotatable bonds is 10. The predicted octanol–water partition coefficient (Wildman–Crippen LogP) is 4.28. The molecule has 1 heterocycles. The first-order valence-corrected chi connectivity index (χ1v) is 8.46. The molecule has 1 aromatic heterocycles. The summed E-state index contributed by atoms with van der Waals surface area (Å²) in [6.45, 7) is 3.75. The Morgan fingerprint density at radius 3 is 2.65 bits per heavy atom. The Labute approximate surface area is 139 Å². The summed E-state index contributed by atoms with van der Waals surface area (Å²) in [6.07, 6.45) is 5.47. The van der Waals surface area contributed by atoms with Crippen molar-refractivity contribution in [1.29, 1.82) is 0 Å². The fraction of sp³-hybridized carbons (Fsp3) is 0.421. The van der Waals surface area contributed by atoms with Crippen molar-refractivity contribution in [2.45, 2.75) is 39.0 Å². The van der Waals surface area contributed by atoms with Crippen LogP contribution in [0, 0.1) is 0 Å². The molecule has 2 rings (SSSR count). The summed E-state index contributed by atoms with van der Waals surface area (Å²) in [5, 5.41) is 3.31. The lowest BCUT2D eigenvalue weighted by atomic mass is 10.1. The number of ether oxygens (including phenoxy) is 1. The first kappa shape index (κ1) is 17.1. The number of nitrogen functional groups attached to an aromatic ring is 1. The van der Waals surface area contributed by atoms with Gasteiger partial charge in [0.05, 0.1) is 6.61 Å². The summed E-state index contributed by atoms with van der Waals surface area (Å²) in [7, 11) is 0. The Kier molecular flexibility index (Phi) is 7.24. The molecule has 0 bridgehead atoms. The average molecular weight is 313 g/mol. The van der Waals surface area contributed by atoms with Crippen LogP contribution in [0.5, 0.6) is 5.75 Å². The molecule has 1 aromatic carbocycles. The van der Waals surface area contributed by atoms with E-state index in [4.69, 9.17) is 10.5 Å². The van der Waals surface area contributed by atoms with Crippen molar-refractivity contribution in [2.75, 3.05) is 24.2 Å². The van der Waals surface area contributed by atoms with Crippen molar-refractivity contribution in [3.8, 4) is 5.75 Å². The van der Waals surface area contributed by atoms with E-state index >= 15 is 0 Å². The number of nitrogens with two attached hydrogens (primary N) is 1. The molecule has 23 heavy (non-hydrogen) atoms. The number of nitrogens with one attached hydrogen (secondary N) is 1. The van der Waals surface area contributed by atoms with E-state index in [2.05, 4.69) is 41.5 Å². The monoisotopic (exact) mass is 313 g/mol. The van der Waals surface area contributed by atoms with Gasteiger partial charge in [-0.15, -0.1) is 0 Å². The summed E-state index contributed by atoms with van der Waals surface area (Å²) in [4.78, 5) is 4.33. The summed E-state index contributed by atoms with van der Waals surface area (Å²) < 4.78 is 5.88. The molecule has 0 amide bonds. The molecule has 3 N–H and O–H groups in total. The highest BCUT2D eigenvalue weighted by molar-refractivity contribution is 5.54. The van der Waals surface area contributed by atoms with E-state index in [1.807, 2.05) is 12.1 Å². The van der Waals surface area contributed by atoms with E-state index in [-0.39, 0.29) is 0 Å². The number of nitrogens with zero attached hydrogens (tertiary/aromatic N) is 1. The minimum atomic E-state index is 0.514. The molecule has 0 saturated carbocycles. The second-order valence-corrected chi connectivity index (χ2v) is 5.65. The largest absolute Gasteiger partial charge is 0.490 e. The third kappa shape index (κ3) is 6.19. The van der Waals surface area contributed by atoms with Crippen LogP contribution in [-0.2, 0) is 6.42 Å². The zero-order valence-corrected chi connectivity index (χ0v) is 13.9. The molecule has 0 fully saturated rings. The van der Waals surface area contributed by atoms with Gasteiger partial charge in [-0.05, 0) is 43.4 Å². The van der Waals surface area contributed by atoms with E-state index in [1.165, 1.54) is 5.56 Å². The van der Waals surface area contributed by atoms with E-state index in [0.717, 1.165) is 50.2 Å². The van der Waals surface area contributed by atoms with Gasteiger partial charge in [0.1, 0.15) is 5.82 Å². The molecule has 0 aliphatic carbocycles. The normalized spacial score (nSPS) is 10.5. The number of unbranched alkanes of at least 4 members (excludes halogenated alkanes) is 2. The Morgan fingerprint density at radius 2 is 1.87 bits per heavy atom. The summed E-state index contributed by atoms with van der Waals surface area (Å²) in [6, 6.07) is 14.2. The molecule has 124 valence electrons. The minimum absolute atomic E-state index is 0.514. The van der Waals surface area contributed by atoms with Crippen LogP contribution < -0.4 is 15.8 Å². The molecule has 0 aliphatic heterocycles. The second-order valence-electron chi connectivity index (χ2n) is 5.65. The first-order valence-electron chi connectivity index (χ1n) is 8.46. The van der Waals surface area contributed by atoms with E-state index in [0.29, 0.717) is 12.4 Å². The second kappa shape index (κ2) is 9.72. The summed E-state index contributed by atoms with van der Waals surface area (Å²) in [5.41, 5.74) is 7.14. The Balaban J connectivity index is 1.76. The van der Waals surface area contributed by atoms with Crippen molar-refractivity contribution in [1.82, 2.24) is 4.98 Å². The van der Waals surface area contributed by atoms with Crippen molar-refractivity contribution >= 4 is 11.6 Å². The van der Waals surface area contributed by atoms with Crippen LogP contribution in [0.1, 0.15) is 38.2 Å². The maximum absolute atomic E-state index is 5.88. The Morgan fingerprint density at radius 1 is 1.04 bits per heavy atom. The Bertz CT molecular complexity index is 572. The highest BCUT2D eigenvalue weighted by Crippen LogP contribution is 2.23. The van der Waals surface area contributed by atoms with E-state index < -0.39 is 0 Å². The molecule has 4 heteroatoms. The maximum Gasteiger partial charge on any atom is 0.170 e. The molecule has 0 saturated heterocycles. The number of pyridine rings is 1. The highest BCUT2D eigenvalue weighted by atomic mass is 16.5. The third-order valence-corrected chi connectivity index (χ3v) is 3.66. The van der Waals surface area contributed by atoms with Gasteiger partial charge < -0.3 is 15.8 Å². The first-order chi connectivity index (χ1) is 11.3. The lowest BCUT2D eigenvalue weighted by molar-refractivity contribution is 0.307. The fourth-order valence-electron chi connectivity index (χ4n) is 2.35. The number of anilines is 2. The molecular formula is C19H27N3O. The summed E-state index contributed by atoms with van der Waals surface area (Å²) >= 11 is 0. The van der Waals surface area contributed by atoms with E-state index in [9.17, 15) is 0 Å². The van der Waals surface area contributed by atoms with Crippen LogP contribution in [0.15, 0.2) is 42.5 Å². The lowest BCUT2D eigenvalue weighted by Crippen LogP contribution is -2.08. The standard InChI is InChI=1S/C19H27N3O/c1-2-3-14-21-19-17(12-13-18(20)22-19)23-15-8-7-11-16-9-5-4-6-10-16/h4-6,9-10,12-13H,2-3,7-8,11,14-15H2,1H3,(H3,20,21,22). The van der Waals surface area contributed by atoms with Gasteiger partial charge in [-0.1, -0.05) is 43.7 Å². The number of aromatic nitrogens is 1. The molecule has 4 nitrogen and oxygen atoms in total. The molecule has 2 aromatic rings. The quantitative estimate of drug-likeness (QED) is 0.643. The number of benzene rings is 1. The molecule has 0 aliphatic rings. The maximum atomic E-state index is 5.88. The summed E-state index contributed by atoms with van der Waals surface area (Å²) in [5.74, 6) is 2.05. The minimum Gasteiger partial charge on any atom is -0.490 e. The molecule has 0 atom stereocenters. The molecule has 0 spiro atoms. The van der Waals surface area contributed by atoms with Crippen LogP contribution >= 0.6 is 0 Å². The van der Waals surface area contributed by atoms with Crippen LogP contribution in [0.25, 0.3) is 0 Å². The van der Waals surface area contributed by atoms with Gasteiger partial charge >= 0.3 is 0 Å². The van der Waals surface area contributed by atoms with E-state index in [1.54, 1.807) is 6.07 Å². The fourth-order valence-corrected chi connectivity index (χ4v) is 2.35. The number of hydrogen-bond acceptors (Lipinski definition) is 4. The molecule has 0 unspecified atom stereocenters. The Hall–Kier alpha value is -2.23.